The number of furan rings is 1. The Balaban J connectivity index is 1.69. The number of fused-ring (bicyclic) bond motifs is 1. The molecule has 8 heteroatoms. The molecular formula is C28H30ClNO6. The van der Waals surface area contributed by atoms with Crippen LogP contribution in [-0.2, 0) is 4.79 Å². The van der Waals surface area contributed by atoms with Crippen molar-refractivity contribution in [2.45, 2.75) is 45.6 Å². The van der Waals surface area contributed by atoms with Crippen molar-refractivity contribution in [2.24, 2.45) is 0 Å². The molecule has 0 radical (unpaired) electrons. The number of rotatable bonds is 11. The minimum Gasteiger partial charge on any atom is -0.503 e. The zero-order valence-corrected chi connectivity index (χ0v) is 21.4. The van der Waals surface area contributed by atoms with E-state index in [1.807, 2.05) is 31.2 Å². The molecule has 36 heavy (non-hydrogen) atoms. The predicted octanol–water partition coefficient (Wildman–Crippen LogP) is 6.65. The van der Waals surface area contributed by atoms with Gasteiger partial charge in [-0.2, -0.15) is 0 Å². The van der Waals surface area contributed by atoms with Crippen LogP contribution in [0.2, 0.25) is 5.02 Å². The number of nitrogens with zero attached hydrogens (tertiary/aromatic N) is 1. The van der Waals surface area contributed by atoms with Gasteiger partial charge in [-0.05, 0) is 42.7 Å². The molecule has 0 spiro atoms. The number of carbonyl (C=O) groups excluding carboxylic acids is 2. The lowest BCUT2D eigenvalue weighted by Crippen LogP contribution is -2.31. The maximum atomic E-state index is 13.7. The summed E-state index contributed by atoms with van der Waals surface area (Å²) in [6.07, 6.45) is 3.85. The van der Waals surface area contributed by atoms with Crippen molar-refractivity contribution in [1.29, 1.82) is 0 Å². The van der Waals surface area contributed by atoms with Gasteiger partial charge in [0.2, 0.25) is 5.78 Å². The predicted molar refractivity (Wildman–Crippen MR) is 138 cm³/mol. The molecule has 0 saturated heterocycles. The second kappa shape index (κ2) is 11.1. The molecule has 0 aliphatic carbocycles. The first-order chi connectivity index (χ1) is 17.4. The summed E-state index contributed by atoms with van der Waals surface area (Å²) >= 11 is 6.16. The minimum absolute atomic E-state index is 0.0147. The lowest BCUT2D eigenvalue weighted by Gasteiger charge is -2.26. The molecule has 7 nitrogen and oxygen atoms in total. The Bertz CT molecular complexity index is 1290. The fourth-order valence-corrected chi connectivity index (χ4v) is 4.69. The number of Topliss-reactive ketones (excluding diaryl/α,β-unsaturated/α-hetero) is 1. The van der Waals surface area contributed by atoms with Crippen LogP contribution in [0.5, 0.6) is 11.5 Å². The van der Waals surface area contributed by atoms with Crippen LogP contribution in [0.1, 0.15) is 61.7 Å². The van der Waals surface area contributed by atoms with E-state index in [-0.39, 0.29) is 11.3 Å². The molecular weight excluding hydrogens is 482 g/mol. The number of unbranched alkanes of at least 4 members (excludes halogenated alkanes) is 2. The molecule has 1 N–H and O–H groups in total. The van der Waals surface area contributed by atoms with Crippen LogP contribution in [-0.4, -0.2) is 42.0 Å². The molecule has 1 amide bonds. The second-order valence-corrected chi connectivity index (χ2v) is 9.19. The molecule has 4 rings (SSSR count). The van der Waals surface area contributed by atoms with E-state index in [0.717, 1.165) is 19.3 Å². The second-order valence-electron chi connectivity index (χ2n) is 8.75. The van der Waals surface area contributed by atoms with Gasteiger partial charge in [0, 0.05) is 23.0 Å². The van der Waals surface area contributed by atoms with Crippen LogP contribution >= 0.6 is 11.6 Å². The fraction of sp³-hybridized carbons (Fsp3) is 0.357. The van der Waals surface area contributed by atoms with Crippen LogP contribution in [0.3, 0.4) is 0 Å². The number of ether oxygens (including phenoxy) is 2. The highest BCUT2D eigenvalue weighted by Gasteiger charge is 2.44. The van der Waals surface area contributed by atoms with E-state index in [1.54, 1.807) is 18.2 Å². The monoisotopic (exact) mass is 511 g/mol. The summed E-state index contributed by atoms with van der Waals surface area (Å²) in [6, 6.07) is 11.3. The zero-order valence-electron chi connectivity index (χ0n) is 20.7. The Kier molecular flexibility index (Phi) is 7.89. The highest BCUT2D eigenvalue weighted by molar-refractivity contribution is 6.31. The summed E-state index contributed by atoms with van der Waals surface area (Å²) in [7, 11) is 1.48. The Labute approximate surface area is 215 Å². The smallest absolute Gasteiger partial charge is 0.290 e. The third kappa shape index (κ3) is 4.93. The van der Waals surface area contributed by atoms with Gasteiger partial charge in [0.1, 0.15) is 5.75 Å². The van der Waals surface area contributed by atoms with Crippen LogP contribution in [0.15, 0.2) is 58.2 Å². The number of benzene rings is 2. The van der Waals surface area contributed by atoms with E-state index in [0.29, 0.717) is 52.6 Å². The molecule has 1 atom stereocenters. The largest absolute Gasteiger partial charge is 0.503 e. The molecule has 1 unspecified atom stereocenters. The molecule has 3 aromatic rings. The van der Waals surface area contributed by atoms with Crippen LogP contribution in [0.25, 0.3) is 11.0 Å². The molecule has 1 aliphatic heterocycles. The minimum atomic E-state index is -0.752. The average molecular weight is 512 g/mol. The highest BCUT2D eigenvalue weighted by atomic mass is 35.5. The summed E-state index contributed by atoms with van der Waals surface area (Å²) in [5.74, 6) is -0.636. The van der Waals surface area contributed by atoms with Crippen molar-refractivity contribution in [3.63, 3.8) is 0 Å². The fourth-order valence-electron chi connectivity index (χ4n) is 4.47. The lowest BCUT2D eigenvalue weighted by atomic mass is 9.95. The Morgan fingerprint density at radius 3 is 2.53 bits per heavy atom. The number of hydrogen-bond acceptors (Lipinski definition) is 6. The number of hydrogen-bond donors (Lipinski definition) is 1. The molecule has 0 saturated carbocycles. The van der Waals surface area contributed by atoms with Gasteiger partial charge in [-0.25, -0.2) is 0 Å². The number of halogens is 1. The quantitative estimate of drug-likeness (QED) is 0.229. The van der Waals surface area contributed by atoms with Gasteiger partial charge >= 0.3 is 0 Å². The van der Waals surface area contributed by atoms with E-state index in [4.69, 9.17) is 25.5 Å². The van der Waals surface area contributed by atoms with E-state index < -0.39 is 23.5 Å². The third-order valence-corrected chi connectivity index (χ3v) is 6.43. The third-order valence-electron chi connectivity index (χ3n) is 6.22. The molecule has 1 aliphatic rings. The van der Waals surface area contributed by atoms with Gasteiger partial charge in [-0.1, -0.05) is 50.4 Å². The van der Waals surface area contributed by atoms with Gasteiger partial charge in [0.25, 0.3) is 5.91 Å². The lowest BCUT2D eigenvalue weighted by molar-refractivity contribution is -0.129. The summed E-state index contributed by atoms with van der Waals surface area (Å²) in [4.78, 5) is 28.2. The molecule has 0 bridgehead atoms. The van der Waals surface area contributed by atoms with E-state index in [2.05, 4.69) is 6.92 Å². The molecule has 1 aromatic heterocycles. The van der Waals surface area contributed by atoms with Crippen molar-refractivity contribution in [3.8, 4) is 11.5 Å². The summed E-state index contributed by atoms with van der Waals surface area (Å²) in [5, 5.41) is 11.8. The normalized spacial score (nSPS) is 15.7. The Morgan fingerprint density at radius 2 is 1.86 bits per heavy atom. The topological polar surface area (TPSA) is 89.2 Å². The van der Waals surface area contributed by atoms with Crippen molar-refractivity contribution in [3.05, 3.63) is 70.1 Å². The van der Waals surface area contributed by atoms with Crippen LogP contribution < -0.4 is 9.47 Å². The van der Waals surface area contributed by atoms with Gasteiger partial charge in [-0.15, -0.1) is 0 Å². The Hall–Kier alpha value is -3.45. The van der Waals surface area contributed by atoms with E-state index >= 15 is 0 Å². The van der Waals surface area contributed by atoms with E-state index in [9.17, 15) is 14.7 Å². The number of methoxy groups -OCH3 is 1. The molecule has 2 aromatic carbocycles. The van der Waals surface area contributed by atoms with Crippen molar-refractivity contribution < 1.29 is 28.6 Å². The number of amides is 1. The number of carbonyl (C=O) groups is 2. The van der Waals surface area contributed by atoms with Crippen molar-refractivity contribution >= 4 is 34.3 Å². The standard InChI is InChI=1S/C28H30ClNO6/c1-4-6-7-13-35-20-10-8-17(9-11-20)24-23(26(32)28(33)30(24)12-5-2)25(31)21-15-18-14-19(29)16-22(34-3)27(18)36-21/h8-11,14-16,24,32H,4-7,12-13H2,1-3H3. The van der Waals surface area contributed by atoms with Crippen LogP contribution in [0.4, 0.5) is 0 Å². The number of ketones is 1. The highest BCUT2D eigenvalue weighted by Crippen LogP contribution is 2.41. The summed E-state index contributed by atoms with van der Waals surface area (Å²) in [6.45, 7) is 5.08. The van der Waals surface area contributed by atoms with Gasteiger partial charge in [0.15, 0.2) is 22.9 Å². The Morgan fingerprint density at radius 1 is 1.11 bits per heavy atom. The van der Waals surface area contributed by atoms with Gasteiger partial charge in [0.05, 0.1) is 25.3 Å². The summed E-state index contributed by atoms with van der Waals surface area (Å²) < 4.78 is 17.0. The summed E-state index contributed by atoms with van der Waals surface area (Å²) in [5.41, 5.74) is 1.04. The first-order valence-electron chi connectivity index (χ1n) is 12.2. The molecule has 190 valence electrons. The van der Waals surface area contributed by atoms with Crippen molar-refractivity contribution in [1.82, 2.24) is 4.90 Å². The first kappa shape index (κ1) is 25.6. The molecule has 2 heterocycles. The maximum Gasteiger partial charge on any atom is 0.290 e. The van der Waals surface area contributed by atoms with E-state index in [1.165, 1.54) is 12.0 Å². The van der Waals surface area contributed by atoms with Gasteiger partial charge in [-0.3, -0.25) is 9.59 Å². The maximum absolute atomic E-state index is 13.7. The first-order valence-corrected chi connectivity index (χ1v) is 12.6. The number of aliphatic hydroxyl groups excluding tert-OH is 1. The zero-order chi connectivity index (χ0) is 25.8. The van der Waals surface area contributed by atoms with Gasteiger partial charge < -0.3 is 23.9 Å². The average Bonchev–Trinajstić information content (AvgIpc) is 3.41. The molecule has 0 fully saturated rings. The SMILES string of the molecule is CCCCCOc1ccc(C2C(C(=O)c3cc4cc(Cl)cc(OC)c4o3)=C(O)C(=O)N2CCC)cc1. The van der Waals surface area contributed by atoms with Crippen molar-refractivity contribution in [2.75, 3.05) is 20.3 Å². The van der Waals surface area contributed by atoms with Crippen LogP contribution in [0, 0.1) is 0 Å². The number of aliphatic hydroxyl groups is 1.